The zero-order valence-corrected chi connectivity index (χ0v) is 31.4. The lowest BCUT2D eigenvalue weighted by Crippen LogP contribution is -2.47. The largest absolute Gasteiger partial charge is 0.508 e. The first kappa shape index (κ1) is 40.6. The number of unbranched alkanes of at least 4 members (excludes halogenated alkanes) is 1. The Morgan fingerprint density at radius 2 is 1.71 bits per heavy atom. The van der Waals surface area contributed by atoms with Gasteiger partial charge in [-0.05, 0) is 95.4 Å². The van der Waals surface area contributed by atoms with Crippen molar-refractivity contribution in [3.63, 3.8) is 0 Å². The summed E-state index contributed by atoms with van der Waals surface area (Å²) in [5, 5.41) is 13.0. The number of aryl methyl sites for hydroxylation is 1. The van der Waals surface area contributed by atoms with Gasteiger partial charge in [-0.1, -0.05) is 55.5 Å². The molecule has 51 heavy (non-hydrogen) atoms. The van der Waals surface area contributed by atoms with Crippen molar-refractivity contribution in [2.75, 3.05) is 53.6 Å². The average molecular weight is 728 g/mol. The van der Waals surface area contributed by atoms with Crippen LogP contribution in [-0.4, -0.2) is 106 Å². The molecule has 1 aliphatic carbocycles. The van der Waals surface area contributed by atoms with Crippen molar-refractivity contribution < 1.29 is 36.8 Å². The predicted octanol–water partition coefficient (Wildman–Crippen LogP) is 4.68. The molecule has 12 heteroatoms. The number of ketones is 2. The molecule has 0 radical (unpaired) electrons. The van der Waals surface area contributed by atoms with E-state index in [2.05, 4.69) is 10.2 Å². The molecule has 2 fully saturated rings. The number of nitrogens with zero attached hydrogens (tertiary/aromatic N) is 2. The number of rotatable bonds is 21. The zero-order valence-electron chi connectivity index (χ0n) is 30.6. The van der Waals surface area contributed by atoms with Crippen LogP contribution in [0.25, 0.3) is 0 Å². The van der Waals surface area contributed by atoms with E-state index >= 15 is 0 Å². The van der Waals surface area contributed by atoms with E-state index in [1.807, 2.05) is 32.0 Å². The first-order valence-corrected chi connectivity index (χ1v) is 19.9. The highest BCUT2D eigenvalue weighted by atomic mass is 32.2. The number of carbonyl (C=O) groups is 3. The van der Waals surface area contributed by atoms with Crippen molar-refractivity contribution >= 4 is 27.6 Å². The normalized spacial score (nSPS) is 17.6. The molecule has 2 aromatic rings. The predicted molar refractivity (Wildman–Crippen MR) is 196 cm³/mol. The Morgan fingerprint density at radius 1 is 1.00 bits per heavy atom. The summed E-state index contributed by atoms with van der Waals surface area (Å²) < 4.78 is 36.1. The molecular formula is C39H57N3O8S. The van der Waals surface area contributed by atoms with Crippen molar-refractivity contribution in [1.82, 2.24) is 15.1 Å². The molecule has 1 amide bonds. The van der Waals surface area contributed by atoms with E-state index in [0.29, 0.717) is 64.2 Å². The standard InChI is InChI=1S/C39H57N3O8S/c1-29-14-16-34(17-15-29)51(47,48)50-22-7-6-13-35(37(44)27-30-9-4-5-10-30)40-39(46)32(18-19-42-20-23-49-24-21-42)28-38(45)36(41(2)3)26-31-11-8-12-33(43)25-31/h8,11-12,14-17,25,30,32,35-36,43H,4-7,9-10,13,18-24,26-28H2,1-3H3,(H,40,46)/t32-,35+,36+/m1/s1. The summed E-state index contributed by atoms with van der Waals surface area (Å²) in [4.78, 5) is 45.8. The number of hydrogen-bond acceptors (Lipinski definition) is 10. The number of likely N-dealkylation sites (N-methyl/N-ethyl adjacent to an activating group) is 1. The van der Waals surface area contributed by atoms with Crippen LogP contribution in [0.1, 0.15) is 75.3 Å². The van der Waals surface area contributed by atoms with Crippen LogP contribution in [0.4, 0.5) is 0 Å². The van der Waals surface area contributed by atoms with Crippen LogP contribution >= 0.6 is 0 Å². The molecule has 11 nitrogen and oxygen atoms in total. The third-order valence-corrected chi connectivity index (χ3v) is 11.5. The molecule has 0 spiro atoms. The summed E-state index contributed by atoms with van der Waals surface area (Å²) in [6.45, 7) is 5.22. The van der Waals surface area contributed by atoms with E-state index in [4.69, 9.17) is 8.92 Å². The van der Waals surface area contributed by atoms with E-state index in [-0.39, 0.29) is 41.1 Å². The second-order valence-corrected chi connectivity index (χ2v) is 16.0. The summed E-state index contributed by atoms with van der Waals surface area (Å²) in [7, 11) is -0.229. The Kier molecular flexibility index (Phi) is 16.1. The van der Waals surface area contributed by atoms with Crippen LogP contribution < -0.4 is 5.32 Å². The van der Waals surface area contributed by atoms with E-state index in [1.54, 1.807) is 30.3 Å². The molecule has 1 saturated carbocycles. The molecule has 2 N–H and O–H groups in total. The Hall–Kier alpha value is -3.16. The van der Waals surface area contributed by atoms with Gasteiger partial charge < -0.3 is 15.2 Å². The number of ether oxygens (including phenoxy) is 1. The van der Waals surface area contributed by atoms with E-state index in [0.717, 1.165) is 49.9 Å². The van der Waals surface area contributed by atoms with Gasteiger partial charge in [0.05, 0.1) is 36.8 Å². The van der Waals surface area contributed by atoms with Gasteiger partial charge in [0.1, 0.15) is 5.75 Å². The number of phenols is 1. The number of Topliss-reactive ketones (excluding diaryl/α,β-unsaturated/α-hetero) is 2. The lowest BCUT2D eigenvalue weighted by atomic mass is 9.90. The molecule has 1 saturated heterocycles. The fraction of sp³-hybridized carbons (Fsp3) is 0.615. The minimum Gasteiger partial charge on any atom is -0.508 e. The fourth-order valence-electron chi connectivity index (χ4n) is 7.00. The van der Waals surface area contributed by atoms with Crippen molar-refractivity contribution in [2.45, 2.75) is 94.5 Å². The number of nitrogens with one attached hydrogen (secondary N) is 1. The van der Waals surface area contributed by atoms with Crippen LogP contribution in [0.5, 0.6) is 5.75 Å². The van der Waals surface area contributed by atoms with Gasteiger partial charge in [0, 0.05) is 31.8 Å². The highest BCUT2D eigenvalue weighted by Gasteiger charge is 2.32. The number of carbonyl (C=O) groups excluding carboxylic acids is 3. The first-order chi connectivity index (χ1) is 24.4. The quantitative estimate of drug-likeness (QED) is 0.138. The molecule has 1 heterocycles. The van der Waals surface area contributed by atoms with Gasteiger partial charge in [0.15, 0.2) is 11.6 Å². The molecule has 2 aromatic carbocycles. The molecule has 4 rings (SSSR count). The van der Waals surface area contributed by atoms with Gasteiger partial charge in [0.25, 0.3) is 10.1 Å². The molecule has 3 atom stereocenters. The SMILES string of the molecule is Cc1ccc(S(=O)(=O)OCCCC[C@H](NC(=O)[C@H](CCN2CCOCC2)CC(=O)[C@H](Cc2cccc(O)c2)N(C)C)C(=O)CC2CCCC2)cc1. The first-order valence-electron chi connectivity index (χ1n) is 18.5. The number of morpholine rings is 1. The number of aromatic hydroxyl groups is 1. The molecule has 1 aliphatic heterocycles. The molecule has 0 unspecified atom stereocenters. The second kappa shape index (κ2) is 20.2. The Balaban J connectivity index is 1.43. The lowest BCUT2D eigenvalue weighted by Gasteiger charge is -2.30. The van der Waals surface area contributed by atoms with Crippen LogP contribution in [0.2, 0.25) is 0 Å². The van der Waals surface area contributed by atoms with Crippen molar-refractivity contribution in [1.29, 1.82) is 0 Å². The highest BCUT2D eigenvalue weighted by molar-refractivity contribution is 7.86. The number of hydrogen-bond donors (Lipinski definition) is 2. The summed E-state index contributed by atoms with van der Waals surface area (Å²) >= 11 is 0. The Morgan fingerprint density at radius 3 is 2.37 bits per heavy atom. The van der Waals surface area contributed by atoms with Gasteiger partial charge >= 0.3 is 0 Å². The van der Waals surface area contributed by atoms with Crippen molar-refractivity contribution in [3.8, 4) is 5.75 Å². The minimum absolute atomic E-state index is 0.0169. The van der Waals surface area contributed by atoms with E-state index in [1.165, 1.54) is 12.1 Å². The minimum atomic E-state index is -3.90. The van der Waals surface area contributed by atoms with Gasteiger partial charge in [-0.25, -0.2) is 0 Å². The van der Waals surface area contributed by atoms with E-state index in [9.17, 15) is 27.9 Å². The fourth-order valence-corrected chi connectivity index (χ4v) is 7.94. The van der Waals surface area contributed by atoms with E-state index < -0.39 is 28.1 Å². The smallest absolute Gasteiger partial charge is 0.296 e. The molecule has 0 bridgehead atoms. The topological polar surface area (TPSA) is 143 Å². The Bertz CT molecular complexity index is 1520. The van der Waals surface area contributed by atoms with Gasteiger partial charge in [-0.3, -0.25) is 28.4 Å². The zero-order chi connectivity index (χ0) is 36.8. The van der Waals surface area contributed by atoms with Gasteiger partial charge in [0.2, 0.25) is 5.91 Å². The number of benzene rings is 2. The maximum Gasteiger partial charge on any atom is 0.296 e. The summed E-state index contributed by atoms with van der Waals surface area (Å²) in [5.74, 6) is -0.612. The summed E-state index contributed by atoms with van der Waals surface area (Å²) in [6, 6.07) is 12.1. The second-order valence-electron chi connectivity index (χ2n) is 14.4. The highest BCUT2D eigenvalue weighted by Crippen LogP contribution is 2.29. The average Bonchev–Trinajstić information content (AvgIpc) is 3.61. The molecule has 0 aromatic heterocycles. The maximum absolute atomic E-state index is 14.1. The Labute approximate surface area is 304 Å². The monoisotopic (exact) mass is 727 g/mol. The third kappa shape index (κ3) is 13.4. The summed E-state index contributed by atoms with van der Waals surface area (Å²) in [5.41, 5.74) is 1.77. The number of phenolic OH excluding ortho intramolecular Hbond substituents is 1. The number of amides is 1. The van der Waals surface area contributed by atoms with Crippen LogP contribution in [-0.2, 0) is 39.8 Å². The van der Waals surface area contributed by atoms with Crippen molar-refractivity contribution in [3.05, 3.63) is 59.7 Å². The molecular weight excluding hydrogens is 671 g/mol. The summed E-state index contributed by atoms with van der Waals surface area (Å²) in [6.07, 6.45) is 6.69. The van der Waals surface area contributed by atoms with Crippen LogP contribution in [0.3, 0.4) is 0 Å². The van der Waals surface area contributed by atoms with Crippen molar-refractivity contribution in [2.24, 2.45) is 11.8 Å². The van der Waals surface area contributed by atoms with Crippen LogP contribution in [0.15, 0.2) is 53.4 Å². The van der Waals surface area contributed by atoms with Gasteiger partial charge in [-0.2, -0.15) is 8.42 Å². The lowest BCUT2D eigenvalue weighted by molar-refractivity contribution is -0.134. The maximum atomic E-state index is 14.1. The van der Waals surface area contributed by atoms with Crippen LogP contribution in [0, 0.1) is 18.8 Å². The molecule has 282 valence electrons. The van der Waals surface area contributed by atoms with Gasteiger partial charge in [-0.15, -0.1) is 0 Å². The molecule has 2 aliphatic rings. The third-order valence-electron chi connectivity index (χ3n) is 10.2.